The van der Waals surface area contributed by atoms with Gasteiger partial charge in [-0.1, -0.05) is 182 Å². The second-order valence-corrected chi connectivity index (χ2v) is 13.1. The molecule has 0 nitrogen and oxygen atoms in total. The van der Waals surface area contributed by atoms with Crippen molar-refractivity contribution in [3.63, 3.8) is 0 Å². The summed E-state index contributed by atoms with van der Waals surface area (Å²) in [6, 6.07) is 64.7. The van der Waals surface area contributed by atoms with E-state index < -0.39 is 15.8 Å². The maximum atomic E-state index is 2.23. The standard InChI is InChI=1S/2C18H15P.Rh/c2*1-4-10-16(11-5-1)19(17-12-6-2-7-13-17)18-14-8-3-9-15-18;/h2*1-15H;. The Morgan fingerprint density at radius 3 is 0.462 bits per heavy atom. The topological polar surface area (TPSA) is 0 Å². The SMILES string of the molecule is [Rh].c1ccc(P(c2ccccc2)c2ccccc2)cc1.c1ccc(P(c2ccccc2)c2ccccc2)cc1. The van der Waals surface area contributed by atoms with Crippen molar-refractivity contribution >= 4 is 47.7 Å². The third kappa shape index (κ3) is 7.91. The van der Waals surface area contributed by atoms with E-state index in [-0.39, 0.29) is 19.5 Å². The fraction of sp³-hybridized carbons (Fsp3) is 0. The van der Waals surface area contributed by atoms with Gasteiger partial charge in [0.1, 0.15) is 0 Å². The summed E-state index contributed by atoms with van der Waals surface area (Å²) in [5.41, 5.74) is 0. The van der Waals surface area contributed by atoms with E-state index in [0.717, 1.165) is 0 Å². The van der Waals surface area contributed by atoms with E-state index in [4.69, 9.17) is 0 Å². The number of rotatable bonds is 6. The fourth-order valence-electron chi connectivity index (χ4n) is 4.36. The number of hydrogen-bond acceptors (Lipinski definition) is 0. The Bertz CT molecular complexity index is 1170. The zero-order chi connectivity index (χ0) is 25.8. The van der Waals surface area contributed by atoms with Gasteiger partial charge in [0.2, 0.25) is 0 Å². The van der Waals surface area contributed by atoms with Crippen LogP contribution in [0.3, 0.4) is 0 Å². The number of hydrogen-bond donors (Lipinski definition) is 0. The summed E-state index contributed by atoms with van der Waals surface area (Å²) < 4.78 is 0. The molecule has 0 aromatic heterocycles. The zero-order valence-electron chi connectivity index (χ0n) is 21.5. The minimum atomic E-state index is -0.446. The molecule has 0 amide bonds. The smallest absolute Gasteiger partial charge is 0 e. The van der Waals surface area contributed by atoms with Crippen molar-refractivity contribution in [2.24, 2.45) is 0 Å². The second-order valence-electron chi connectivity index (χ2n) is 8.68. The van der Waals surface area contributed by atoms with Gasteiger partial charge < -0.3 is 0 Å². The molecular weight excluding hydrogens is 597 g/mol. The monoisotopic (exact) mass is 627 g/mol. The molecule has 0 bridgehead atoms. The van der Waals surface area contributed by atoms with Crippen LogP contribution in [-0.2, 0) is 19.5 Å². The van der Waals surface area contributed by atoms with E-state index in [1.807, 2.05) is 0 Å². The molecule has 6 aromatic carbocycles. The molecule has 3 heteroatoms. The molecule has 193 valence electrons. The predicted octanol–water partition coefficient (Wildman–Crippen LogP) is 6.89. The van der Waals surface area contributed by atoms with Gasteiger partial charge in [-0.05, 0) is 47.7 Å². The predicted molar refractivity (Wildman–Crippen MR) is 170 cm³/mol. The largest absolute Gasteiger partial charge is 0.0622 e. The van der Waals surface area contributed by atoms with Crippen molar-refractivity contribution in [3.05, 3.63) is 182 Å². The molecule has 6 rings (SSSR count). The molecule has 0 aliphatic carbocycles. The molecule has 0 heterocycles. The van der Waals surface area contributed by atoms with Crippen LogP contribution < -0.4 is 31.8 Å². The van der Waals surface area contributed by atoms with Crippen LogP contribution >= 0.6 is 15.8 Å². The summed E-state index contributed by atoms with van der Waals surface area (Å²) in [6.45, 7) is 0. The first-order valence-corrected chi connectivity index (χ1v) is 15.5. The van der Waals surface area contributed by atoms with Gasteiger partial charge in [0.05, 0.1) is 0 Å². The van der Waals surface area contributed by atoms with Crippen LogP contribution in [0.15, 0.2) is 182 Å². The van der Waals surface area contributed by atoms with Crippen molar-refractivity contribution in [2.45, 2.75) is 0 Å². The van der Waals surface area contributed by atoms with Crippen LogP contribution in [0.1, 0.15) is 0 Å². The van der Waals surface area contributed by atoms with Crippen LogP contribution in [0.25, 0.3) is 0 Å². The van der Waals surface area contributed by atoms with Gasteiger partial charge in [-0.25, -0.2) is 0 Å². The number of benzene rings is 6. The molecular formula is C36H30P2Rh. The van der Waals surface area contributed by atoms with Gasteiger partial charge in [0, 0.05) is 19.5 Å². The van der Waals surface area contributed by atoms with E-state index in [0.29, 0.717) is 0 Å². The van der Waals surface area contributed by atoms with Gasteiger partial charge in [0.25, 0.3) is 0 Å². The first kappa shape index (κ1) is 28.8. The Morgan fingerprint density at radius 1 is 0.205 bits per heavy atom. The molecule has 0 fully saturated rings. The quantitative estimate of drug-likeness (QED) is 0.140. The normalized spacial score (nSPS) is 10.3. The van der Waals surface area contributed by atoms with Crippen molar-refractivity contribution in [2.75, 3.05) is 0 Å². The van der Waals surface area contributed by atoms with Crippen molar-refractivity contribution in [1.29, 1.82) is 0 Å². The summed E-state index contributed by atoms with van der Waals surface area (Å²) >= 11 is 0. The van der Waals surface area contributed by atoms with Gasteiger partial charge in [-0.15, -0.1) is 0 Å². The Kier molecular flexibility index (Phi) is 11.4. The molecule has 0 atom stereocenters. The van der Waals surface area contributed by atoms with Crippen LogP contribution in [0.5, 0.6) is 0 Å². The first-order chi connectivity index (χ1) is 18.9. The molecule has 39 heavy (non-hydrogen) atoms. The average Bonchev–Trinajstić information content (AvgIpc) is 3.01. The maximum absolute atomic E-state index is 2.23. The van der Waals surface area contributed by atoms with Crippen LogP contribution in [0.4, 0.5) is 0 Å². The minimum Gasteiger partial charge on any atom is -0.0622 e. The average molecular weight is 627 g/mol. The zero-order valence-corrected chi connectivity index (χ0v) is 25.0. The molecule has 0 unspecified atom stereocenters. The summed E-state index contributed by atoms with van der Waals surface area (Å²) in [7, 11) is -0.892. The van der Waals surface area contributed by atoms with Gasteiger partial charge in [-0.3, -0.25) is 0 Å². The molecule has 0 aliphatic heterocycles. The van der Waals surface area contributed by atoms with Crippen LogP contribution in [-0.4, -0.2) is 0 Å². The summed E-state index contributed by atoms with van der Waals surface area (Å²) in [5.74, 6) is 0. The van der Waals surface area contributed by atoms with Crippen molar-refractivity contribution in [3.8, 4) is 0 Å². The molecule has 0 spiro atoms. The van der Waals surface area contributed by atoms with Gasteiger partial charge in [0.15, 0.2) is 0 Å². The Balaban J connectivity index is 0.000000176. The Labute approximate surface area is 248 Å². The van der Waals surface area contributed by atoms with E-state index >= 15 is 0 Å². The summed E-state index contributed by atoms with van der Waals surface area (Å²) in [5, 5.41) is 8.39. The van der Waals surface area contributed by atoms with Gasteiger partial charge >= 0.3 is 0 Å². The van der Waals surface area contributed by atoms with E-state index in [1.54, 1.807) is 0 Å². The third-order valence-electron chi connectivity index (χ3n) is 6.09. The summed E-state index contributed by atoms with van der Waals surface area (Å²) in [6.07, 6.45) is 0. The Morgan fingerprint density at radius 2 is 0.333 bits per heavy atom. The fourth-order valence-corrected chi connectivity index (χ4v) is 8.97. The van der Waals surface area contributed by atoms with Gasteiger partial charge in [-0.2, -0.15) is 0 Å². The van der Waals surface area contributed by atoms with E-state index in [1.165, 1.54) is 31.8 Å². The van der Waals surface area contributed by atoms with Crippen molar-refractivity contribution < 1.29 is 19.5 Å². The van der Waals surface area contributed by atoms with Crippen molar-refractivity contribution in [1.82, 2.24) is 0 Å². The third-order valence-corrected chi connectivity index (χ3v) is 11.0. The molecule has 0 saturated heterocycles. The van der Waals surface area contributed by atoms with E-state index in [9.17, 15) is 0 Å². The Hall–Kier alpha value is -3.20. The first-order valence-electron chi connectivity index (χ1n) is 12.8. The van der Waals surface area contributed by atoms with E-state index in [2.05, 4.69) is 182 Å². The molecule has 0 N–H and O–H groups in total. The van der Waals surface area contributed by atoms with Crippen LogP contribution in [0.2, 0.25) is 0 Å². The molecule has 0 aliphatic rings. The minimum absolute atomic E-state index is 0. The molecule has 6 aromatic rings. The molecule has 1 radical (unpaired) electrons. The second kappa shape index (κ2) is 15.4. The summed E-state index contributed by atoms with van der Waals surface area (Å²) in [4.78, 5) is 0. The maximum Gasteiger partial charge on any atom is 0 e. The molecule has 0 saturated carbocycles. The van der Waals surface area contributed by atoms with Crippen LogP contribution in [0, 0.1) is 0 Å².